The van der Waals surface area contributed by atoms with Crippen LogP contribution in [0.4, 0.5) is 5.69 Å². The van der Waals surface area contributed by atoms with Crippen LogP contribution in [0.5, 0.6) is 5.75 Å². The number of hydrogen-bond donors (Lipinski definition) is 2. The molecule has 3 aromatic rings. The zero-order valence-corrected chi connectivity index (χ0v) is 15.7. The molecule has 3 rings (SSSR count). The van der Waals surface area contributed by atoms with E-state index in [4.69, 9.17) is 4.74 Å². The first-order valence-corrected chi connectivity index (χ1v) is 9.41. The van der Waals surface area contributed by atoms with Crippen molar-refractivity contribution in [3.05, 3.63) is 64.3 Å². The maximum absolute atomic E-state index is 12.4. The van der Waals surface area contributed by atoms with Crippen LogP contribution in [0, 0.1) is 10.1 Å². The molecule has 146 valence electrons. The highest BCUT2D eigenvalue weighted by Gasteiger charge is 2.23. The Kier molecular flexibility index (Phi) is 5.03. The van der Waals surface area contributed by atoms with Gasteiger partial charge in [-0.25, -0.2) is 8.42 Å². The molecule has 0 atom stereocenters. The minimum absolute atomic E-state index is 0.0799. The van der Waals surface area contributed by atoms with E-state index in [1.807, 2.05) is 17.0 Å². The maximum Gasteiger partial charge on any atom is 0.312 e. The molecule has 0 bridgehead atoms. The smallest absolute Gasteiger partial charge is 0.312 e. The average Bonchev–Trinajstić information content (AvgIpc) is 3.02. The molecule has 1 aromatic heterocycles. The van der Waals surface area contributed by atoms with E-state index in [2.05, 4.69) is 5.43 Å². The second kappa shape index (κ2) is 7.29. The molecule has 0 spiro atoms. The fourth-order valence-corrected chi connectivity index (χ4v) is 3.60. The molecule has 0 fully saturated rings. The molecule has 0 aliphatic rings. The summed E-state index contributed by atoms with van der Waals surface area (Å²) < 4.78 is 31.4. The number of sulfonamides is 1. The average molecular weight is 404 g/mol. The van der Waals surface area contributed by atoms with Crippen molar-refractivity contribution in [2.75, 3.05) is 7.11 Å². The number of rotatable bonds is 6. The fraction of sp³-hybridized carbons (Fsp3) is 0.118. The Morgan fingerprint density at radius 1 is 1.21 bits per heavy atom. The Hall–Kier alpha value is -3.44. The number of nitrogens with one attached hydrogen (secondary N) is 2. The summed E-state index contributed by atoms with van der Waals surface area (Å²) in [6.45, 7) is 0. The second-order valence-corrected chi connectivity index (χ2v) is 7.50. The number of nitro benzene ring substituents is 1. The van der Waals surface area contributed by atoms with E-state index in [1.165, 1.54) is 13.2 Å². The van der Waals surface area contributed by atoms with Crippen LogP contribution in [0.2, 0.25) is 0 Å². The first-order valence-electron chi connectivity index (χ1n) is 7.93. The van der Waals surface area contributed by atoms with E-state index in [1.54, 1.807) is 29.9 Å². The highest BCUT2D eigenvalue weighted by molar-refractivity contribution is 7.89. The molecule has 0 unspecified atom stereocenters. The van der Waals surface area contributed by atoms with E-state index in [0.717, 1.165) is 17.6 Å². The lowest BCUT2D eigenvalue weighted by Crippen LogP contribution is -2.41. The van der Waals surface area contributed by atoms with Crippen molar-refractivity contribution in [1.29, 1.82) is 0 Å². The third kappa shape index (κ3) is 3.52. The van der Waals surface area contributed by atoms with Gasteiger partial charge in [-0.15, -0.1) is 4.83 Å². The van der Waals surface area contributed by atoms with Gasteiger partial charge in [-0.2, -0.15) is 0 Å². The summed E-state index contributed by atoms with van der Waals surface area (Å²) in [5.74, 6) is -0.743. The van der Waals surface area contributed by atoms with E-state index < -0.39 is 31.4 Å². The first-order chi connectivity index (χ1) is 13.2. The topological polar surface area (TPSA) is 133 Å². The number of carbonyl (C=O) groups excluding carboxylic acids is 1. The van der Waals surface area contributed by atoms with Crippen molar-refractivity contribution >= 4 is 32.5 Å². The third-order valence-electron chi connectivity index (χ3n) is 4.10. The van der Waals surface area contributed by atoms with E-state index in [0.29, 0.717) is 5.39 Å². The molecule has 1 heterocycles. The summed E-state index contributed by atoms with van der Waals surface area (Å²) in [4.78, 5) is 24.3. The number of fused-ring (bicyclic) bond motifs is 1. The minimum Gasteiger partial charge on any atom is -0.490 e. The molecule has 0 saturated heterocycles. The van der Waals surface area contributed by atoms with E-state index >= 15 is 0 Å². The molecule has 2 aromatic carbocycles. The monoisotopic (exact) mass is 404 g/mol. The number of carbonyl (C=O) groups is 1. The van der Waals surface area contributed by atoms with Crippen LogP contribution < -0.4 is 15.0 Å². The van der Waals surface area contributed by atoms with Gasteiger partial charge in [0.15, 0.2) is 5.75 Å². The number of aryl methyl sites for hydroxylation is 1. The maximum atomic E-state index is 12.4. The zero-order chi connectivity index (χ0) is 20.5. The molecule has 0 saturated carbocycles. The van der Waals surface area contributed by atoms with Crippen molar-refractivity contribution in [2.24, 2.45) is 7.05 Å². The van der Waals surface area contributed by atoms with Crippen molar-refractivity contribution in [3.8, 4) is 5.75 Å². The van der Waals surface area contributed by atoms with Gasteiger partial charge in [0.2, 0.25) is 0 Å². The van der Waals surface area contributed by atoms with Crippen molar-refractivity contribution in [2.45, 2.75) is 4.90 Å². The van der Waals surface area contributed by atoms with Crippen LogP contribution >= 0.6 is 0 Å². The number of para-hydroxylation sites is 1. The Bertz CT molecular complexity index is 1190. The molecule has 1 amide bonds. The van der Waals surface area contributed by atoms with Crippen LogP contribution in [0.1, 0.15) is 10.4 Å². The number of amides is 1. The molecule has 2 N–H and O–H groups in total. The first kappa shape index (κ1) is 19.3. The van der Waals surface area contributed by atoms with E-state index in [9.17, 15) is 23.3 Å². The number of hydrazine groups is 1. The lowest BCUT2D eigenvalue weighted by atomic mass is 10.2. The van der Waals surface area contributed by atoms with Crippen molar-refractivity contribution < 1.29 is 22.9 Å². The number of benzene rings is 2. The number of aromatic nitrogens is 1. The highest BCUT2D eigenvalue weighted by Crippen LogP contribution is 2.29. The summed E-state index contributed by atoms with van der Waals surface area (Å²) >= 11 is 0. The van der Waals surface area contributed by atoms with Crippen molar-refractivity contribution in [1.82, 2.24) is 14.8 Å². The summed E-state index contributed by atoms with van der Waals surface area (Å²) in [5, 5.41) is 11.7. The quantitative estimate of drug-likeness (QED) is 0.475. The largest absolute Gasteiger partial charge is 0.490 e. The van der Waals surface area contributed by atoms with Gasteiger partial charge >= 0.3 is 5.69 Å². The predicted molar refractivity (Wildman–Crippen MR) is 100 cm³/mol. The Morgan fingerprint density at radius 2 is 1.93 bits per heavy atom. The highest BCUT2D eigenvalue weighted by atomic mass is 32.2. The number of methoxy groups -OCH3 is 1. The SMILES string of the molecule is COc1ccc(S(=O)(=O)NNC(=O)c2cn(C)c3ccccc23)cc1[N+](=O)[O-]. The van der Waals surface area contributed by atoms with Crippen LogP contribution in [-0.4, -0.2) is 30.9 Å². The van der Waals surface area contributed by atoms with Gasteiger partial charge in [0.25, 0.3) is 15.9 Å². The van der Waals surface area contributed by atoms with Crippen molar-refractivity contribution in [3.63, 3.8) is 0 Å². The minimum atomic E-state index is -4.24. The number of nitrogens with zero attached hydrogens (tertiary/aromatic N) is 2. The lowest BCUT2D eigenvalue weighted by molar-refractivity contribution is -0.386. The lowest BCUT2D eigenvalue weighted by Gasteiger charge is -2.09. The standard InChI is InChI=1S/C17H16N4O6S/c1-20-10-13(12-5-3-4-6-14(12)20)17(22)18-19-28(25,26)11-7-8-16(27-2)15(9-11)21(23)24/h3-10,19H,1-2H3,(H,18,22). The van der Waals surface area contributed by atoms with Gasteiger partial charge in [-0.05, 0) is 18.2 Å². The molecule has 11 heteroatoms. The van der Waals surface area contributed by atoms with Gasteiger partial charge < -0.3 is 9.30 Å². The number of ether oxygens (including phenoxy) is 1. The summed E-state index contributed by atoms with van der Waals surface area (Å²) in [5.41, 5.74) is 2.71. The summed E-state index contributed by atoms with van der Waals surface area (Å²) in [7, 11) is -1.24. The second-order valence-electron chi connectivity index (χ2n) is 5.82. The zero-order valence-electron chi connectivity index (χ0n) is 14.9. The fourth-order valence-electron chi connectivity index (χ4n) is 2.74. The molecular weight excluding hydrogens is 388 g/mol. The Morgan fingerprint density at radius 3 is 2.61 bits per heavy atom. The van der Waals surface area contributed by atoms with Crippen LogP contribution in [0.15, 0.2) is 53.6 Å². The summed E-state index contributed by atoms with van der Waals surface area (Å²) in [6.07, 6.45) is 1.58. The molecular formula is C17H16N4O6S. The van der Waals surface area contributed by atoms with Gasteiger partial charge in [0, 0.05) is 30.2 Å². The van der Waals surface area contributed by atoms with Crippen LogP contribution in [-0.2, 0) is 17.1 Å². The Balaban J connectivity index is 1.84. The number of nitro groups is 1. The third-order valence-corrected chi connectivity index (χ3v) is 5.34. The molecule has 0 aliphatic heterocycles. The van der Waals surface area contributed by atoms with Crippen LogP contribution in [0.3, 0.4) is 0 Å². The normalized spacial score (nSPS) is 11.4. The van der Waals surface area contributed by atoms with Gasteiger partial charge in [0.1, 0.15) is 0 Å². The number of hydrogen-bond acceptors (Lipinski definition) is 6. The molecule has 0 radical (unpaired) electrons. The van der Waals surface area contributed by atoms with Crippen LogP contribution in [0.25, 0.3) is 10.9 Å². The van der Waals surface area contributed by atoms with Gasteiger partial charge in [0.05, 0.1) is 22.5 Å². The molecule has 28 heavy (non-hydrogen) atoms. The molecule has 0 aliphatic carbocycles. The van der Waals surface area contributed by atoms with E-state index in [-0.39, 0.29) is 11.3 Å². The van der Waals surface area contributed by atoms with Gasteiger partial charge in [-0.1, -0.05) is 18.2 Å². The predicted octanol–water partition coefficient (Wildman–Crippen LogP) is 1.72. The summed E-state index contributed by atoms with van der Waals surface area (Å²) in [6, 6.07) is 10.3. The Labute approximate surface area is 159 Å². The molecule has 10 nitrogen and oxygen atoms in total. The van der Waals surface area contributed by atoms with Gasteiger partial charge in [-0.3, -0.25) is 20.3 Å².